The number of Topliss-reactive ketones (excluding diaryl/α,β-unsaturated/α-hetero) is 1. The van der Waals surface area contributed by atoms with Gasteiger partial charge in [0, 0.05) is 5.56 Å². The average Bonchev–Trinajstić information content (AvgIpc) is 2.96. The van der Waals surface area contributed by atoms with E-state index in [1.807, 2.05) is 0 Å². The fourth-order valence-corrected chi connectivity index (χ4v) is 4.05. The number of imide groups is 1. The lowest BCUT2D eigenvalue weighted by Crippen LogP contribution is -2.37. The molecule has 0 bridgehead atoms. The zero-order chi connectivity index (χ0) is 20.5. The van der Waals surface area contributed by atoms with Gasteiger partial charge in [0.2, 0.25) is 11.8 Å². The predicted molar refractivity (Wildman–Crippen MR) is 98.0 cm³/mol. The van der Waals surface area contributed by atoms with Crippen molar-refractivity contribution >= 4 is 35.2 Å². The largest absolute Gasteiger partial charge is 0.482 e. The van der Waals surface area contributed by atoms with E-state index >= 15 is 0 Å². The number of carbonyl (C=O) groups excluding carboxylic acids is 5. The van der Waals surface area contributed by atoms with Crippen molar-refractivity contribution in [2.75, 3.05) is 25.1 Å². The molecular weight excluding hydrogens is 380 g/mol. The molecule has 1 saturated heterocycles. The Morgan fingerprint density at radius 1 is 1.10 bits per heavy atom. The van der Waals surface area contributed by atoms with Crippen LogP contribution in [0.4, 0.5) is 5.69 Å². The van der Waals surface area contributed by atoms with E-state index in [4.69, 9.17) is 9.47 Å². The molecule has 1 saturated carbocycles. The third-order valence-electron chi connectivity index (χ3n) is 5.52. The average molecular weight is 400 g/mol. The smallest absolute Gasteiger partial charge is 0.326 e. The number of fused-ring (bicyclic) bond motifs is 2. The SMILES string of the molecule is O=C1COc2ccc(C(=O)COC(=O)CN3C(=O)[C@H]4CCCC[C@@H]4C3=O)cc2N1. The number of rotatable bonds is 5. The quantitative estimate of drug-likeness (QED) is 0.443. The number of anilines is 1. The minimum atomic E-state index is -0.812. The maximum atomic E-state index is 12.4. The van der Waals surface area contributed by atoms with Crippen molar-refractivity contribution in [1.82, 2.24) is 4.90 Å². The van der Waals surface area contributed by atoms with E-state index in [9.17, 15) is 24.0 Å². The van der Waals surface area contributed by atoms with E-state index in [1.165, 1.54) is 12.1 Å². The Labute approximate surface area is 166 Å². The molecule has 1 aliphatic carbocycles. The highest BCUT2D eigenvalue weighted by Gasteiger charge is 2.48. The number of nitrogens with zero attached hydrogens (tertiary/aromatic N) is 1. The summed E-state index contributed by atoms with van der Waals surface area (Å²) >= 11 is 0. The van der Waals surface area contributed by atoms with Crippen LogP contribution < -0.4 is 10.1 Å². The molecule has 0 unspecified atom stereocenters. The number of hydrogen-bond acceptors (Lipinski definition) is 7. The second kappa shape index (κ2) is 7.65. The second-order valence-corrected chi connectivity index (χ2v) is 7.39. The number of nitrogens with one attached hydrogen (secondary N) is 1. The molecular formula is C20H20N2O7. The number of ketones is 1. The Hall–Kier alpha value is -3.23. The van der Waals surface area contributed by atoms with Crippen molar-refractivity contribution in [2.45, 2.75) is 25.7 Å². The minimum absolute atomic E-state index is 0.0897. The molecule has 3 amide bonds. The molecule has 2 atom stereocenters. The zero-order valence-electron chi connectivity index (χ0n) is 15.6. The summed E-state index contributed by atoms with van der Waals surface area (Å²) in [4.78, 5) is 61.5. The van der Waals surface area contributed by atoms with E-state index in [1.54, 1.807) is 6.07 Å². The van der Waals surface area contributed by atoms with Crippen molar-refractivity contribution in [3.8, 4) is 5.75 Å². The molecule has 9 nitrogen and oxygen atoms in total. The van der Waals surface area contributed by atoms with Crippen molar-refractivity contribution < 1.29 is 33.4 Å². The lowest BCUT2D eigenvalue weighted by molar-refractivity contribution is -0.152. The Morgan fingerprint density at radius 3 is 2.48 bits per heavy atom. The summed E-state index contributed by atoms with van der Waals surface area (Å²) in [5.74, 6) is -2.49. The molecule has 2 heterocycles. The standard InChI is InChI=1S/C20H20N2O7/c23-15(11-5-6-16-14(7-11)21-17(24)10-28-16)9-29-18(25)8-22-19(26)12-3-1-2-4-13(12)20(22)27/h5-7,12-13H,1-4,8-10H2,(H,21,24)/t12-,13-/m0/s1. The fourth-order valence-electron chi connectivity index (χ4n) is 4.05. The molecule has 1 aromatic rings. The van der Waals surface area contributed by atoms with Gasteiger partial charge in [-0.15, -0.1) is 0 Å². The summed E-state index contributed by atoms with van der Waals surface area (Å²) in [7, 11) is 0. The molecule has 0 aromatic heterocycles. The number of hydrogen-bond donors (Lipinski definition) is 1. The summed E-state index contributed by atoms with van der Waals surface area (Å²) in [6.07, 6.45) is 3.13. The number of esters is 1. The van der Waals surface area contributed by atoms with E-state index in [0.717, 1.165) is 17.7 Å². The predicted octanol–water partition coefficient (Wildman–Crippen LogP) is 0.919. The summed E-state index contributed by atoms with van der Waals surface area (Å²) < 4.78 is 10.2. The van der Waals surface area contributed by atoms with Crippen LogP contribution in [-0.4, -0.2) is 54.1 Å². The highest BCUT2D eigenvalue weighted by molar-refractivity contribution is 6.07. The van der Waals surface area contributed by atoms with Crippen molar-refractivity contribution in [3.05, 3.63) is 23.8 Å². The number of benzene rings is 1. The molecule has 3 aliphatic rings. The van der Waals surface area contributed by atoms with Gasteiger partial charge in [0.15, 0.2) is 19.0 Å². The number of carbonyl (C=O) groups is 5. The summed E-state index contributed by atoms with van der Waals surface area (Å²) in [5.41, 5.74) is 0.607. The van der Waals surface area contributed by atoms with Crippen LogP contribution in [0, 0.1) is 11.8 Å². The van der Waals surface area contributed by atoms with Crippen molar-refractivity contribution in [2.24, 2.45) is 11.8 Å². The van der Waals surface area contributed by atoms with Gasteiger partial charge in [-0.2, -0.15) is 0 Å². The van der Waals surface area contributed by atoms with Gasteiger partial charge in [-0.1, -0.05) is 12.8 Å². The second-order valence-electron chi connectivity index (χ2n) is 7.39. The number of amides is 3. The first-order valence-electron chi connectivity index (χ1n) is 9.55. The molecule has 0 spiro atoms. The maximum Gasteiger partial charge on any atom is 0.326 e. The van der Waals surface area contributed by atoms with Gasteiger partial charge in [-0.05, 0) is 31.0 Å². The van der Waals surface area contributed by atoms with Gasteiger partial charge in [-0.3, -0.25) is 28.9 Å². The van der Waals surface area contributed by atoms with Gasteiger partial charge in [0.05, 0.1) is 17.5 Å². The van der Waals surface area contributed by atoms with Gasteiger partial charge >= 0.3 is 5.97 Å². The third-order valence-corrected chi connectivity index (χ3v) is 5.52. The van der Waals surface area contributed by atoms with Crippen LogP contribution in [0.5, 0.6) is 5.75 Å². The molecule has 0 radical (unpaired) electrons. The zero-order valence-corrected chi connectivity index (χ0v) is 15.6. The molecule has 2 fully saturated rings. The molecule has 2 aliphatic heterocycles. The van der Waals surface area contributed by atoms with E-state index in [0.29, 0.717) is 24.3 Å². The molecule has 1 aromatic carbocycles. The first kappa shape index (κ1) is 19.1. The summed E-state index contributed by atoms with van der Waals surface area (Å²) in [6, 6.07) is 4.50. The van der Waals surface area contributed by atoms with Crippen LogP contribution >= 0.6 is 0 Å². The molecule has 4 rings (SSSR count). The molecule has 152 valence electrons. The van der Waals surface area contributed by atoms with Crippen LogP contribution in [-0.2, 0) is 23.9 Å². The van der Waals surface area contributed by atoms with E-state index in [2.05, 4.69) is 5.32 Å². The number of ether oxygens (including phenoxy) is 2. The summed E-state index contributed by atoms with van der Waals surface area (Å²) in [6.45, 7) is -1.10. The third kappa shape index (κ3) is 3.72. The van der Waals surface area contributed by atoms with Gasteiger partial charge in [-0.25, -0.2) is 0 Å². The van der Waals surface area contributed by atoms with Gasteiger partial charge < -0.3 is 14.8 Å². The van der Waals surface area contributed by atoms with Crippen LogP contribution in [0.15, 0.2) is 18.2 Å². The van der Waals surface area contributed by atoms with Gasteiger partial charge in [0.1, 0.15) is 12.3 Å². The first-order chi connectivity index (χ1) is 13.9. The maximum absolute atomic E-state index is 12.4. The number of likely N-dealkylation sites (tertiary alicyclic amines) is 1. The Kier molecular flexibility index (Phi) is 5.04. The highest BCUT2D eigenvalue weighted by Crippen LogP contribution is 2.37. The lowest BCUT2D eigenvalue weighted by atomic mass is 9.81. The normalized spacial score (nSPS) is 23.0. The Bertz CT molecular complexity index is 886. The van der Waals surface area contributed by atoms with Crippen molar-refractivity contribution in [3.63, 3.8) is 0 Å². The summed E-state index contributed by atoms with van der Waals surface area (Å²) in [5, 5.41) is 2.60. The van der Waals surface area contributed by atoms with E-state index < -0.39 is 24.9 Å². The van der Waals surface area contributed by atoms with Crippen LogP contribution in [0.2, 0.25) is 0 Å². The lowest BCUT2D eigenvalue weighted by Gasteiger charge is -2.19. The Balaban J connectivity index is 1.33. The van der Waals surface area contributed by atoms with E-state index in [-0.39, 0.29) is 41.7 Å². The molecule has 9 heteroatoms. The Morgan fingerprint density at radius 2 is 1.79 bits per heavy atom. The highest BCUT2D eigenvalue weighted by atomic mass is 16.5. The van der Waals surface area contributed by atoms with Crippen LogP contribution in [0.3, 0.4) is 0 Å². The monoisotopic (exact) mass is 400 g/mol. The minimum Gasteiger partial charge on any atom is -0.482 e. The topological polar surface area (TPSA) is 119 Å². The van der Waals surface area contributed by atoms with Crippen molar-refractivity contribution in [1.29, 1.82) is 0 Å². The fraction of sp³-hybridized carbons (Fsp3) is 0.450. The van der Waals surface area contributed by atoms with Crippen LogP contribution in [0.25, 0.3) is 0 Å². The van der Waals surface area contributed by atoms with Gasteiger partial charge in [0.25, 0.3) is 5.91 Å². The molecule has 29 heavy (non-hydrogen) atoms. The first-order valence-corrected chi connectivity index (χ1v) is 9.55. The van der Waals surface area contributed by atoms with Crippen LogP contribution in [0.1, 0.15) is 36.0 Å². The molecule has 1 N–H and O–H groups in total.